The first-order chi connectivity index (χ1) is 7.99. The molecule has 0 saturated heterocycles. The molecule has 1 aromatic carbocycles. The van der Waals surface area contributed by atoms with Crippen molar-refractivity contribution >= 4 is 27.9 Å². The molecule has 0 aliphatic carbocycles. The van der Waals surface area contributed by atoms with E-state index in [1.165, 1.54) is 6.08 Å². The number of halogens is 1. The lowest BCUT2D eigenvalue weighted by Crippen LogP contribution is -2.05. The molecule has 0 fully saturated rings. The SMILES string of the molecule is CC(C)COc1ccc(/C=C\C(N)=O)cc1Br. The Morgan fingerprint density at radius 1 is 1.53 bits per heavy atom. The van der Waals surface area contributed by atoms with E-state index in [-0.39, 0.29) is 0 Å². The Morgan fingerprint density at radius 3 is 2.76 bits per heavy atom. The van der Waals surface area contributed by atoms with Crippen LogP contribution in [0.25, 0.3) is 6.08 Å². The summed E-state index contributed by atoms with van der Waals surface area (Å²) in [5.41, 5.74) is 5.92. The highest BCUT2D eigenvalue weighted by Gasteiger charge is 2.03. The fourth-order valence-corrected chi connectivity index (χ4v) is 1.68. The van der Waals surface area contributed by atoms with Gasteiger partial charge in [0.05, 0.1) is 11.1 Å². The molecule has 2 N–H and O–H groups in total. The molecule has 0 aliphatic heterocycles. The molecule has 1 rings (SSSR count). The summed E-state index contributed by atoms with van der Waals surface area (Å²) >= 11 is 3.43. The molecule has 0 spiro atoms. The van der Waals surface area contributed by atoms with Crippen LogP contribution in [0.1, 0.15) is 19.4 Å². The summed E-state index contributed by atoms with van der Waals surface area (Å²) < 4.78 is 6.48. The van der Waals surface area contributed by atoms with Crippen LogP contribution in [-0.2, 0) is 4.79 Å². The molecule has 0 aromatic heterocycles. The third kappa shape index (κ3) is 5.04. The normalized spacial score (nSPS) is 11.1. The van der Waals surface area contributed by atoms with E-state index in [2.05, 4.69) is 29.8 Å². The summed E-state index contributed by atoms with van der Waals surface area (Å²) in [6.07, 6.45) is 3.00. The highest BCUT2D eigenvalue weighted by atomic mass is 79.9. The number of primary amides is 1. The zero-order chi connectivity index (χ0) is 12.8. The Morgan fingerprint density at radius 2 is 2.24 bits per heavy atom. The van der Waals surface area contributed by atoms with Gasteiger partial charge < -0.3 is 10.5 Å². The quantitative estimate of drug-likeness (QED) is 0.850. The molecule has 92 valence electrons. The van der Waals surface area contributed by atoms with Gasteiger partial charge in [0.2, 0.25) is 5.91 Å². The number of hydrogen-bond donors (Lipinski definition) is 1. The largest absolute Gasteiger partial charge is 0.492 e. The van der Waals surface area contributed by atoms with Crippen molar-refractivity contribution in [3.8, 4) is 5.75 Å². The van der Waals surface area contributed by atoms with Crippen molar-refractivity contribution in [1.82, 2.24) is 0 Å². The lowest BCUT2D eigenvalue weighted by Gasteiger charge is -2.10. The second kappa shape index (κ2) is 6.45. The number of amides is 1. The van der Waals surface area contributed by atoms with Crippen LogP contribution in [0.4, 0.5) is 0 Å². The van der Waals surface area contributed by atoms with E-state index in [0.717, 1.165) is 15.8 Å². The molecular weight excluding hydrogens is 282 g/mol. The van der Waals surface area contributed by atoms with Crippen molar-refractivity contribution in [2.75, 3.05) is 6.61 Å². The van der Waals surface area contributed by atoms with Crippen LogP contribution in [-0.4, -0.2) is 12.5 Å². The third-order valence-corrected chi connectivity index (χ3v) is 2.59. The average molecular weight is 298 g/mol. The van der Waals surface area contributed by atoms with Crippen molar-refractivity contribution in [3.05, 3.63) is 34.3 Å². The molecule has 0 atom stereocenters. The van der Waals surface area contributed by atoms with Crippen molar-refractivity contribution in [3.63, 3.8) is 0 Å². The van der Waals surface area contributed by atoms with Crippen molar-refractivity contribution in [2.45, 2.75) is 13.8 Å². The molecule has 17 heavy (non-hydrogen) atoms. The van der Waals surface area contributed by atoms with Gasteiger partial charge in [-0.2, -0.15) is 0 Å². The molecule has 0 heterocycles. The third-order valence-electron chi connectivity index (χ3n) is 1.97. The van der Waals surface area contributed by atoms with Crippen LogP contribution in [0, 0.1) is 5.92 Å². The maximum Gasteiger partial charge on any atom is 0.241 e. The molecule has 0 saturated carbocycles. The fourth-order valence-electron chi connectivity index (χ4n) is 1.17. The van der Waals surface area contributed by atoms with Gasteiger partial charge in [-0.25, -0.2) is 0 Å². The monoisotopic (exact) mass is 297 g/mol. The van der Waals surface area contributed by atoms with Crippen LogP contribution < -0.4 is 10.5 Å². The summed E-state index contributed by atoms with van der Waals surface area (Å²) in [6.45, 7) is 4.87. The summed E-state index contributed by atoms with van der Waals surface area (Å²) in [5.74, 6) is 0.826. The Bertz CT molecular complexity index is 427. The highest BCUT2D eigenvalue weighted by Crippen LogP contribution is 2.26. The number of hydrogen-bond acceptors (Lipinski definition) is 2. The van der Waals surface area contributed by atoms with Gasteiger partial charge in [0.25, 0.3) is 0 Å². The number of benzene rings is 1. The molecular formula is C13H16BrNO2. The smallest absolute Gasteiger partial charge is 0.241 e. The Kier molecular flexibility index (Phi) is 5.22. The van der Waals surface area contributed by atoms with Crippen molar-refractivity contribution < 1.29 is 9.53 Å². The zero-order valence-corrected chi connectivity index (χ0v) is 11.5. The van der Waals surface area contributed by atoms with Crippen LogP contribution in [0.5, 0.6) is 5.75 Å². The van der Waals surface area contributed by atoms with E-state index in [1.807, 2.05) is 18.2 Å². The number of rotatable bonds is 5. The number of carbonyl (C=O) groups is 1. The van der Waals surface area contributed by atoms with Gasteiger partial charge in [0.15, 0.2) is 0 Å². The molecule has 1 aromatic rings. The predicted octanol–water partition coefficient (Wildman–Crippen LogP) is 2.98. The molecule has 0 unspecified atom stereocenters. The molecule has 0 bridgehead atoms. The first-order valence-electron chi connectivity index (χ1n) is 5.39. The minimum absolute atomic E-state index is 0.457. The van der Waals surface area contributed by atoms with E-state index in [9.17, 15) is 4.79 Å². The highest BCUT2D eigenvalue weighted by molar-refractivity contribution is 9.10. The Labute approximate surface area is 110 Å². The first kappa shape index (κ1) is 13.8. The summed E-state index contributed by atoms with van der Waals surface area (Å²) in [6, 6.07) is 5.63. The Hall–Kier alpha value is -1.29. The van der Waals surface area contributed by atoms with E-state index >= 15 is 0 Å². The molecule has 3 nitrogen and oxygen atoms in total. The van der Waals surface area contributed by atoms with Gasteiger partial charge in [0.1, 0.15) is 5.75 Å². The molecule has 1 amide bonds. The number of nitrogens with two attached hydrogens (primary N) is 1. The van der Waals surface area contributed by atoms with Crippen LogP contribution in [0.3, 0.4) is 0 Å². The van der Waals surface area contributed by atoms with E-state index < -0.39 is 5.91 Å². The number of carbonyl (C=O) groups excluding carboxylic acids is 1. The predicted molar refractivity (Wildman–Crippen MR) is 72.7 cm³/mol. The van der Waals surface area contributed by atoms with Gasteiger partial charge in [0, 0.05) is 6.08 Å². The van der Waals surface area contributed by atoms with Gasteiger partial charge in [-0.05, 0) is 45.6 Å². The van der Waals surface area contributed by atoms with Gasteiger partial charge >= 0.3 is 0 Å². The van der Waals surface area contributed by atoms with Gasteiger partial charge in [-0.15, -0.1) is 0 Å². The lowest BCUT2D eigenvalue weighted by molar-refractivity contribution is -0.113. The summed E-state index contributed by atoms with van der Waals surface area (Å²) in [7, 11) is 0. The minimum Gasteiger partial charge on any atom is -0.492 e. The zero-order valence-electron chi connectivity index (χ0n) is 9.94. The standard InChI is InChI=1S/C13H16BrNO2/c1-9(2)8-17-12-5-3-10(7-11(12)14)4-6-13(15)16/h3-7,9H,8H2,1-2H3,(H2,15,16)/b6-4-. The summed E-state index contributed by atoms with van der Waals surface area (Å²) in [4.78, 5) is 10.6. The molecule has 4 heteroatoms. The molecule has 0 radical (unpaired) electrons. The lowest BCUT2D eigenvalue weighted by atomic mass is 10.2. The maximum atomic E-state index is 10.6. The number of ether oxygens (including phenoxy) is 1. The maximum absolute atomic E-state index is 10.6. The first-order valence-corrected chi connectivity index (χ1v) is 6.18. The van der Waals surface area contributed by atoms with E-state index in [1.54, 1.807) is 6.08 Å². The van der Waals surface area contributed by atoms with Crippen molar-refractivity contribution in [1.29, 1.82) is 0 Å². The van der Waals surface area contributed by atoms with E-state index in [0.29, 0.717) is 12.5 Å². The van der Waals surface area contributed by atoms with Gasteiger partial charge in [-0.1, -0.05) is 19.9 Å². The summed E-state index contributed by atoms with van der Waals surface area (Å²) in [5, 5.41) is 0. The topological polar surface area (TPSA) is 52.3 Å². The van der Waals surface area contributed by atoms with Crippen LogP contribution >= 0.6 is 15.9 Å². The van der Waals surface area contributed by atoms with Crippen molar-refractivity contribution in [2.24, 2.45) is 11.7 Å². The second-order valence-corrected chi connectivity index (χ2v) is 4.98. The average Bonchev–Trinajstić information content (AvgIpc) is 2.24. The minimum atomic E-state index is -0.457. The fraction of sp³-hybridized carbons (Fsp3) is 0.308. The van der Waals surface area contributed by atoms with Crippen LogP contribution in [0.2, 0.25) is 0 Å². The van der Waals surface area contributed by atoms with Crippen LogP contribution in [0.15, 0.2) is 28.7 Å². The van der Waals surface area contributed by atoms with E-state index in [4.69, 9.17) is 10.5 Å². The molecule has 0 aliphatic rings. The second-order valence-electron chi connectivity index (χ2n) is 4.13. The van der Waals surface area contributed by atoms with Gasteiger partial charge in [-0.3, -0.25) is 4.79 Å². The Balaban J connectivity index is 2.75.